The number of rotatable bonds is 2. The Morgan fingerprint density at radius 1 is 1.50 bits per heavy atom. The van der Waals surface area contributed by atoms with Gasteiger partial charge in [0.2, 0.25) is 0 Å². The van der Waals surface area contributed by atoms with E-state index in [2.05, 4.69) is 25.1 Å². The maximum absolute atomic E-state index is 5.97. The van der Waals surface area contributed by atoms with Gasteiger partial charge in [-0.25, -0.2) is 0 Å². The summed E-state index contributed by atoms with van der Waals surface area (Å²) in [4.78, 5) is 0. The van der Waals surface area contributed by atoms with Gasteiger partial charge >= 0.3 is 0 Å². The molecule has 0 amide bonds. The second-order valence-corrected chi connectivity index (χ2v) is 3.83. The van der Waals surface area contributed by atoms with Gasteiger partial charge in [0, 0.05) is 6.04 Å². The maximum Gasteiger partial charge on any atom is 0.122 e. The van der Waals surface area contributed by atoms with Crippen LogP contribution in [0, 0.1) is 0 Å². The largest absolute Gasteiger partial charge is 0.493 e. The molecule has 0 aliphatic carbocycles. The van der Waals surface area contributed by atoms with E-state index in [0.29, 0.717) is 0 Å². The summed E-state index contributed by atoms with van der Waals surface area (Å²) in [6.45, 7) is 2.95. The molecule has 1 aromatic carbocycles. The Labute approximate surface area is 85.1 Å². The van der Waals surface area contributed by atoms with Crippen molar-refractivity contribution in [2.75, 3.05) is 6.61 Å². The molecule has 1 aromatic rings. The van der Waals surface area contributed by atoms with Crippen molar-refractivity contribution in [2.24, 2.45) is 5.73 Å². The topological polar surface area (TPSA) is 35.2 Å². The van der Waals surface area contributed by atoms with Crippen molar-refractivity contribution in [1.29, 1.82) is 0 Å². The summed E-state index contributed by atoms with van der Waals surface area (Å²) in [7, 11) is 0. The molecule has 2 nitrogen and oxygen atoms in total. The lowest BCUT2D eigenvalue weighted by Crippen LogP contribution is -2.12. The van der Waals surface area contributed by atoms with E-state index in [1.54, 1.807) is 0 Å². The number of ether oxygens (including phenoxy) is 1. The molecule has 2 heteroatoms. The standard InChI is InChI=1S/C12H17NO/c1-2-11(13)10-6-5-9-4-3-7-14-12(9)8-10/h5-6,8,11H,2-4,7,13H2,1H3. The molecule has 1 aliphatic heterocycles. The highest BCUT2D eigenvalue weighted by Gasteiger charge is 2.12. The molecule has 1 atom stereocenters. The smallest absolute Gasteiger partial charge is 0.122 e. The molecule has 0 saturated carbocycles. The van der Waals surface area contributed by atoms with Gasteiger partial charge in [-0.15, -0.1) is 0 Å². The Morgan fingerprint density at radius 3 is 3.14 bits per heavy atom. The first-order chi connectivity index (χ1) is 6.81. The van der Waals surface area contributed by atoms with Crippen molar-refractivity contribution >= 4 is 0 Å². The van der Waals surface area contributed by atoms with Crippen LogP contribution in [0.4, 0.5) is 0 Å². The monoisotopic (exact) mass is 191 g/mol. The van der Waals surface area contributed by atoms with Crippen LogP contribution in [0.15, 0.2) is 18.2 Å². The van der Waals surface area contributed by atoms with Crippen LogP contribution in [-0.2, 0) is 6.42 Å². The van der Waals surface area contributed by atoms with E-state index in [4.69, 9.17) is 10.5 Å². The molecule has 0 bridgehead atoms. The zero-order valence-corrected chi connectivity index (χ0v) is 8.62. The third kappa shape index (κ3) is 1.75. The molecule has 0 aromatic heterocycles. The Hall–Kier alpha value is -1.02. The molecule has 1 unspecified atom stereocenters. The first kappa shape index (κ1) is 9.53. The number of hydrogen-bond donors (Lipinski definition) is 1. The van der Waals surface area contributed by atoms with E-state index >= 15 is 0 Å². The summed E-state index contributed by atoms with van der Waals surface area (Å²) in [5.41, 5.74) is 8.48. The fourth-order valence-corrected chi connectivity index (χ4v) is 1.82. The van der Waals surface area contributed by atoms with Crippen LogP contribution >= 0.6 is 0 Å². The zero-order valence-electron chi connectivity index (χ0n) is 8.62. The third-order valence-electron chi connectivity index (χ3n) is 2.81. The van der Waals surface area contributed by atoms with Crippen molar-refractivity contribution in [1.82, 2.24) is 0 Å². The van der Waals surface area contributed by atoms with E-state index in [-0.39, 0.29) is 6.04 Å². The number of benzene rings is 1. The van der Waals surface area contributed by atoms with Gasteiger partial charge in [-0.3, -0.25) is 0 Å². The van der Waals surface area contributed by atoms with Gasteiger partial charge < -0.3 is 10.5 Å². The molecule has 14 heavy (non-hydrogen) atoms. The molecule has 2 rings (SSSR count). The van der Waals surface area contributed by atoms with Crippen LogP contribution in [0.25, 0.3) is 0 Å². The first-order valence-corrected chi connectivity index (χ1v) is 5.32. The van der Waals surface area contributed by atoms with Crippen molar-refractivity contribution in [3.05, 3.63) is 29.3 Å². The summed E-state index contributed by atoms with van der Waals surface area (Å²) in [5, 5.41) is 0. The van der Waals surface area contributed by atoms with E-state index in [1.165, 1.54) is 11.1 Å². The molecule has 76 valence electrons. The number of aryl methyl sites for hydroxylation is 1. The van der Waals surface area contributed by atoms with Gasteiger partial charge in [0.05, 0.1) is 6.61 Å². The average molecular weight is 191 g/mol. The Bertz CT molecular complexity index is 322. The van der Waals surface area contributed by atoms with Crippen molar-refractivity contribution in [3.63, 3.8) is 0 Å². The zero-order chi connectivity index (χ0) is 9.97. The molecule has 0 saturated heterocycles. The highest BCUT2D eigenvalue weighted by atomic mass is 16.5. The lowest BCUT2D eigenvalue weighted by atomic mass is 9.99. The molecule has 0 radical (unpaired) electrons. The molecular formula is C12H17NO. The number of nitrogens with two attached hydrogens (primary N) is 1. The highest BCUT2D eigenvalue weighted by Crippen LogP contribution is 2.28. The average Bonchev–Trinajstić information content (AvgIpc) is 2.27. The highest BCUT2D eigenvalue weighted by molar-refractivity contribution is 5.39. The molecule has 0 spiro atoms. The predicted molar refractivity (Wildman–Crippen MR) is 57.5 cm³/mol. The fourth-order valence-electron chi connectivity index (χ4n) is 1.82. The van der Waals surface area contributed by atoms with Gasteiger partial charge in [-0.1, -0.05) is 19.1 Å². The van der Waals surface area contributed by atoms with E-state index < -0.39 is 0 Å². The quantitative estimate of drug-likeness (QED) is 0.779. The molecule has 0 fully saturated rings. The van der Waals surface area contributed by atoms with E-state index in [0.717, 1.165) is 31.6 Å². The van der Waals surface area contributed by atoms with E-state index in [9.17, 15) is 0 Å². The van der Waals surface area contributed by atoms with Crippen LogP contribution in [0.2, 0.25) is 0 Å². The Morgan fingerprint density at radius 2 is 2.36 bits per heavy atom. The van der Waals surface area contributed by atoms with Crippen LogP contribution in [0.3, 0.4) is 0 Å². The fraction of sp³-hybridized carbons (Fsp3) is 0.500. The van der Waals surface area contributed by atoms with Crippen LogP contribution in [0.1, 0.15) is 36.9 Å². The number of hydrogen-bond acceptors (Lipinski definition) is 2. The van der Waals surface area contributed by atoms with Crippen LogP contribution in [-0.4, -0.2) is 6.61 Å². The minimum atomic E-state index is 0.144. The lowest BCUT2D eigenvalue weighted by molar-refractivity contribution is 0.288. The van der Waals surface area contributed by atoms with Gasteiger partial charge in [-0.2, -0.15) is 0 Å². The minimum absolute atomic E-state index is 0.144. The van der Waals surface area contributed by atoms with Crippen molar-refractivity contribution < 1.29 is 4.74 Å². The SMILES string of the molecule is CCC(N)c1ccc2c(c1)OCCC2. The Balaban J connectivity index is 2.29. The molecule has 1 heterocycles. The lowest BCUT2D eigenvalue weighted by Gasteiger charge is -2.19. The second-order valence-electron chi connectivity index (χ2n) is 3.83. The number of fused-ring (bicyclic) bond motifs is 1. The summed E-state index contributed by atoms with van der Waals surface area (Å²) in [6, 6.07) is 6.52. The summed E-state index contributed by atoms with van der Waals surface area (Å²) in [6.07, 6.45) is 3.24. The van der Waals surface area contributed by atoms with Crippen molar-refractivity contribution in [2.45, 2.75) is 32.2 Å². The molecule has 2 N–H and O–H groups in total. The van der Waals surface area contributed by atoms with Crippen molar-refractivity contribution in [3.8, 4) is 5.75 Å². The first-order valence-electron chi connectivity index (χ1n) is 5.32. The third-order valence-corrected chi connectivity index (χ3v) is 2.81. The second kappa shape index (κ2) is 4.01. The predicted octanol–water partition coefficient (Wildman–Crippen LogP) is 2.42. The van der Waals surface area contributed by atoms with Crippen LogP contribution in [0.5, 0.6) is 5.75 Å². The van der Waals surface area contributed by atoms with Gasteiger partial charge in [-0.05, 0) is 36.5 Å². The normalized spacial score (nSPS) is 17.0. The molecule has 1 aliphatic rings. The summed E-state index contributed by atoms with van der Waals surface area (Å²) >= 11 is 0. The summed E-state index contributed by atoms with van der Waals surface area (Å²) in [5.74, 6) is 1.04. The van der Waals surface area contributed by atoms with Crippen LogP contribution < -0.4 is 10.5 Å². The molecular weight excluding hydrogens is 174 g/mol. The minimum Gasteiger partial charge on any atom is -0.493 e. The van der Waals surface area contributed by atoms with Gasteiger partial charge in [0.15, 0.2) is 0 Å². The van der Waals surface area contributed by atoms with Gasteiger partial charge in [0.1, 0.15) is 5.75 Å². The van der Waals surface area contributed by atoms with Gasteiger partial charge in [0.25, 0.3) is 0 Å². The van der Waals surface area contributed by atoms with E-state index in [1.807, 2.05) is 0 Å². The Kier molecular flexibility index (Phi) is 2.73. The summed E-state index contributed by atoms with van der Waals surface area (Å²) < 4.78 is 5.60. The maximum atomic E-state index is 5.97.